The molecular formula is C19H19N3O. The number of nitrogens with zero attached hydrogens (tertiary/aromatic N) is 2. The Hall–Kier alpha value is -2.64. The van der Waals surface area contributed by atoms with Gasteiger partial charge in [-0.1, -0.05) is 25.5 Å². The lowest BCUT2D eigenvalue weighted by Crippen LogP contribution is -2.01. The second kappa shape index (κ2) is 6.23. The van der Waals surface area contributed by atoms with Crippen LogP contribution in [0.5, 0.6) is 0 Å². The number of rotatable bonds is 4. The Morgan fingerprint density at radius 2 is 2.13 bits per heavy atom. The molecule has 0 aliphatic heterocycles. The number of nitriles is 1. The number of benzene rings is 2. The van der Waals surface area contributed by atoms with Crippen molar-refractivity contribution in [1.82, 2.24) is 9.97 Å². The molecule has 4 heteroatoms. The molecule has 1 atom stereocenters. The predicted octanol–water partition coefficient (Wildman–Crippen LogP) is 4.11. The number of H-pyrrole nitrogens is 1. The van der Waals surface area contributed by atoms with Crippen molar-refractivity contribution < 1.29 is 5.11 Å². The van der Waals surface area contributed by atoms with Crippen molar-refractivity contribution in [3.63, 3.8) is 0 Å². The molecule has 0 amide bonds. The van der Waals surface area contributed by atoms with E-state index in [1.165, 1.54) is 0 Å². The van der Waals surface area contributed by atoms with Crippen LogP contribution in [-0.2, 0) is 6.42 Å². The maximum Gasteiger partial charge on any atom is 0.0995 e. The van der Waals surface area contributed by atoms with Crippen molar-refractivity contribution >= 4 is 11.0 Å². The van der Waals surface area contributed by atoms with Gasteiger partial charge in [-0.2, -0.15) is 5.26 Å². The van der Waals surface area contributed by atoms with Crippen molar-refractivity contribution in [1.29, 1.82) is 5.26 Å². The van der Waals surface area contributed by atoms with Crippen molar-refractivity contribution in [3.8, 4) is 17.2 Å². The van der Waals surface area contributed by atoms with Gasteiger partial charge in [0, 0.05) is 5.56 Å². The number of aliphatic hydroxyl groups excluding tert-OH is 1. The molecule has 2 N–H and O–H groups in total. The number of hydrogen-bond donors (Lipinski definition) is 2. The molecule has 1 heterocycles. The molecule has 23 heavy (non-hydrogen) atoms. The highest BCUT2D eigenvalue weighted by molar-refractivity contribution is 5.83. The SMILES string of the molecule is CCCc1cc(C#N)c(C(C)O)c(-c2ccc3[nH]cnc3c2)c1. The third-order valence-corrected chi connectivity index (χ3v) is 4.05. The fourth-order valence-corrected chi connectivity index (χ4v) is 3.03. The molecule has 1 aromatic heterocycles. The third-order valence-electron chi connectivity index (χ3n) is 4.05. The van der Waals surface area contributed by atoms with Gasteiger partial charge in [0.2, 0.25) is 0 Å². The van der Waals surface area contributed by atoms with Gasteiger partial charge in [0.25, 0.3) is 0 Å². The highest BCUT2D eigenvalue weighted by Gasteiger charge is 2.17. The highest BCUT2D eigenvalue weighted by atomic mass is 16.3. The number of aliphatic hydroxyl groups is 1. The van der Waals surface area contributed by atoms with Crippen LogP contribution in [0.25, 0.3) is 22.2 Å². The summed E-state index contributed by atoms with van der Waals surface area (Å²) < 4.78 is 0. The quantitative estimate of drug-likeness (QED) is 0.762. The number of aromatic amines is 1. The Morgan fingerprint density at radius 3 is 2.83 bits per heavy atom. The van der Waals surface area contributed by atoms with Crippen molar-refractivity contribution in [3.05, 3.63) is 53.3 Å². The van der Waals surface area contributed by atoms with E-state index in [0.717, 1.165) is 40.6 Å². The molecule has 0 bridgehead atoms. The minimum absolute atomic E-state index is 0.545. The predicted molar refractivity (Wildman–Crippen MR) is 90.9 cm³/mol. The molecule has 1 unspecified atom stereocenters. The maximum atomic E-state index is 10.2. The Morgan fingerprint density at radius 1 is 1.30 bits per heavy atom. The molecule has 0 spiro atoms. The number of imidazole rings is 1. The average Bonchev–Trinajstić information content (AvgIpc) is 3.01. The molecule has 0 fully saturated rings. The van der Waals surface area contributed by atoms with Crippen molar-refractivity contribution in [2.75, 3.05) is 0 Å². The van der Waals surface area contributed by atoms with Gasteiger partial charge in [0.15, 0.2) is 0 Å². The van der Waals surface area contributed by atoms with Gasteiger partial charge in [0.05, 0.1) is 35.1 Å². The zero-order valence-corrected chi connectivity index (χ0v) is 13.3. The van der Waals surface area contributed by atoms with E-state index in [4.69, 9.17) is 0 Å². The lowest BCUT2D eigenvalue weighted by atomic mass is 9.89. The van der Waals surface area contributed by atoms with E-state index in [1.54, 1.807) is 13.3 Å². The lowest BCUT2D eigenvalue weighted by Gasteiger charge is -2.16. The molecule has 0 radical (unpaired) electrons. The molecule has 116 valence electrons. The van der Waals surface area contributed by atoms with Crippen LogP contribution in [0.4, 0.5) is 0 Å². The summed E-state index contributed by atoms with van der Waals surface area (Å²) in [6, 6.07) is 12.2. The van der Waals surface area contributed by atoms with E-state index in [9.17, 15) is 10.4 Å². The summed E-state index contributed by atoms with van der Waals surface area (Å²) in [5.41, 5.74) is 6.06. The first-order chi connectivity index (χ1) is 11.1. The summed E-state index contributed by atoms with van der Waals surface area (Å²) in [6.45, 7) is 3.82. The number of hydrogen-bond acceptors (Lipinski definition) is 3. The summed E-state index contributed by atoms with van der Waals surface area (Å²) in [4.78, 5) is 7.37. The van der Waals surface area contributed by atoms with Gasteiger partial charge in [-0.05, 0) is 48.2 Å². The first-order valence-corrected chi connectivity index (χ1v) is 7.82. The molecule has 2 aromatic carbocycles. The highest BCUT2D eigenvalue weighted by Crippen LogP contribution is 2.33. The second-order valence-electron chi connectivity index (χ2n) is 5.78. The van der Waals surface area contributed by atoms with Gasteiger partial charge < -0.3 is 10.1 Å². The zero-order chi connectivity index (χ0) is 16.4. The number of fused-ring (bicyclic) bond motifs is 1. The fourth-order valence-electron chi connectivity index (χ4n) is 3.03. The molecule has 0 aliphatic carbocycles. The van der Waals surface area contributed by atoms with E-state index < -0.39 is 6.10 Å². The van der Waals surface area contributed by atoms with Gasteiger partial charge in [-0.3, -0.25) is 0 Å². The van der Waals surface area contributed by atoms with E-state index in [2.05, 4.69) is 29.0 Å². The van der Waals surface area contributed by atoms with E-state index >= 15 is 0 Å². The van der Waals surface area contributed by atoms with E-state index in [1.807, 2.05) is 24.3 Å². The topological polar surface area (TPSA) is 72.7 Å². The summed E-state index contributed by atoms with van der Waals surface area (Å²) in [6.07, 6.45) is 2.88. The van der Waals surface area contributed by atoms with Gasteiger partial charge in [0.1, 0.15) is 0 Å². The first kappa shape index (κ1) is 15.3. The molecule has 0 aliphatic rings. The second-order valence-corrected chi connectivity index (χ2v) is 5.78. The average molecular weight is 305 g/mol. The first-order valence-electron chi connectivity index (χ1n) is 7.82. The van der Waals surface area contributed by atoms with Gasteiger partial charge in [-0.15, -0.1) is 0 Å². The van der Waals surface area contributed by atoms with E-state index in [0.29, 0.717) is 11.1 Å². The van der Waals surface area contributed by atoms with Gasteiger partial charge >= 0.3 is 0 Å². The standard InChI is InChI=1S/C19H19N3O/c1-3-4-13-7-15(10-20)19(12(2)23)16(8-13)14-5-6-17-18(9-14)22-11-21-17/h5-9,11-12,23H,3-4H2,1-2H3,(H,21,22). The van der Waals surface area contributed by atoms with Crippen molar-refractivity contribution in [2.45, 2.75) is 32.8 Å². The van der Waals surface area contributed by atoms with Crippen molar-refractivity contribution in [2.24, 2.45) is 0 Å². The Kier molecular flexibility index (Phi) is 4.14. The van der Waals surface area contributed by atoms with Crippen LogP contribution in [0, 0.1) is 11.3 Å². The minimum Gasteiger partial charge on any atom is -0.389 e. The van der Waals surface area contributed by atoms with Crippen LogP contribution in [0.3, 0.4) is 0 Å². The summed E-state index contributed by atoms with van der Waals surface area (Å²) in [5.74, 6) is 0. The molecule has 0 saturated heterocycles. The largest absolute Gasteiger partial charge is 0.389 e. The summed E-state index contributed by atoms with van der Waals surface area (Å²) in [7, 11) is 0. The molecule has 4 nitrogen and oxygen atoms in total. The number of aromatic nitrogens is 2. The summed E-state index contributed by atoms with van der Waals surface area (Å²) >= 11 is 0. The normalized spacial score (nSPS) is 12.3. The van der Waals surface area contributed by atoms with Crippen LogP contribution in [-0.4, -0.2) is 15.1 Å². The maximum absolute atomic E-state index is 10.2. The van der Waals surface area contributed by atoms with Crippen LogP contribution in [0.15, 0.2) is 36.7 Å². The zero-order valence-electron chi connectivity index (χ0n) is 13.3. The number of nitrogens with one attached hydrogen (secondary N) is 1. The van der Waals surface area contributed by atoms with Crippen LogP contribution < -0.4 is 0 Å². The lowest BCUT2D eigenvalue weighted by molar-refractivity contribution is 0.199. The van der Waals surface area contributed by atoms with Gasteiger partial charge in [-0.25, -0.2) is 4.98 Å². The fraction of sp³-hybridized carbons (Fsp3) is 0.263. The minimum atomic E-state index is -0.704. The van der Waals surface area contributed by atoms with Crippen LogP contribution in [0.2, 0.25) is 0 Å². The van der Waals surface area contributed by atoms with Crippen LogP contribution >= 0.6 is 0 Å². The number of aryl methyl sites for hydroxylation is 1. The third kappa shape index (κ3) is 2.84. The molecule has 3 rings (SSSR count). The van der Waals surface area contributed by atoms with Crippen LogP contribution in [0.1, 0.15) is 43.1 Å². The monoisotopic (exact) mass is 305 g/mol. The smallest absolute Gasteiger partial charge is 0.0995 e. The molecular weight excluding hydrogens is 286 g/mol. The Labute approximate surface area is 135 Å². The Balaban J connectivity index is 2.26. The summed E-state index contributed by atoms with van der Waals surface area (Å²) in [5, 5.41) is 19.7. The molecule has 0 saturated carbocycles. The van der Waals surface area contributed by atoms with E-state index in [-0.39, 0.29) is 0 Å². The Bertz CT molecular complexity index is 887. The molecule has 3 aromatic rings.